The smallest absolute Gasteiger partial charge is 0.136 e. The van der Waals surface area contributed by atoms with Gasteiger partial charge in [-0.05, 0) is 42.3 Å². The number of halogens is 1. The second-order valence-corrected chi connectivity index (χ2v) is 5.33. The quantitative estimate of drug-likeness (QED) is 0.800. The van der Waals surface area contributed by atoms with Gasteiger partial charge < -0.3 is 9.67 Å². The highest BCUT2D eigenvalue weighted by atomic mass is 35.5. The number of hydrogen-bond acceptors (Lipinski definition) is 2. The van der Waals surface area contributed by atoms with Crippen LogP contribution in [0.15, 0.2) is 42.5 Å². The highest BCUT2D eigenvalue weighted by Gasteiger charge is 2.10. The van der Waals surface area contributed by atoms with Crippen LogP contribution in [0.4, 0.5) is 0 Å². The predicted octanol–water partition coefficient (Wildman–Crippen LogP) is 3.54. The maximum atomic E-state index is 9.51. The van der Waals surface area contributed by atoms with E-state index in [2.05, 4.69) is 11.1 Å². The van der Waals surface area contributed by atoms with E-state index >= 15 is 0 Å². The molecule has 0 aliphatic rings. The molecule has 0 atom stereocenters. The molecule has 3 aromatic rings. The summed E-state index contributed by atoms with van der Waals surface area (Å²) in [7, 11) is 0. The number of fused-ring (bicyclic) bond motifs is 1. The molecule has 0 aliphatic carbocycles. The molecule has 0 bridgehead atoms. The third-order valence-corrected chi connectivity index (χ3v) is 3.63. The lowest BCUT2D eigenvalue weighted by atomic mass is 10.2. The number of imidazole rings is 1. The van der Waals surface area contributed by atoms with Crippen molar-refractivity contribution >= 4 is 22.6 Å². The van der Waals surface area contributed by atoms with Gasteiger partial charge >= 0.3 is 0 Å². The number of nitrogens with zero attached hydrogens (tertiary/aromatic N) is 2. The van der Waals surface area contributed by atoms with Gasteiger partial charge in [0.15, 0.2) is 0 Å². The van der Waals surface area contributed by atoms with Gasteiger partial charge in [0.25, 0.3) is 0 Å². The summed E-state index contributed by atoms with van der Waals surface area (Å²) in [5.74, 6) is 0.681. The number of benzene rings is 2. The molecule has 0 amide bonds. The van der Waals surface area contributed by atoms with Crippen molar-refractivity contribution in [1.29, 1.82) is 0 Å². The molecule has 0 aliphatic heterocycles. The Hall–Kier alpha value is -1.84. The molecule has 0 unspecified atom stereocenters. The molecule has 3 nitrogen and oxygen atoms in total. The molecule has 2 aromatic carbocycles. The maximum absolute atomic E-state index is 9.51. The molecule has 102 valence electrons. The zero-order valence-corrected chi connectivity index (χ0v) is 11.9. The van der Waals surface area contributed by atoms with Crippen molar-refractivity contribution in [2.45, 2.75) is 20.1 Å². The largest absolute Gasteiger partial charge is 0.388 e. The van der Waals surface area contributed by atoms with Crippen molar-refractivity contribution in [1.82, 2.24) is 9.55 Å². The molecular weight excluding hydrogens is 272 g/mol. The average molecular weight is 287 g/mol. The van der Waals surface area contributed by atoms with Gasteiger partial charge in [0, 0.05) is 11.6 Å². The number of hydrogen-bond donors (Lipinski definition) is 1. The van der Waals surface area contributed by atoms with E-state index in [1.807, 2.05) is 47.9 Å². The van der Waals surface area contributed by atoms with Crippen molar-refractivity contribution in [2.75, 3.05) is 0 Å². The van der Waals surface area contributed by atoms with Gasteiger partial charge in [-0.15, -0.1) is 0 Å². The first-order valence-corrected chi connectivity index (χ1v) is 6.86. The number of aliphatic hydroxyl groups is 1. The summed E-state index contributed by atoms with van der Waals surface area (Å²) >= 11 is 5.91. The van der Waals surface area contributed by atoms with Crippen LogP contribution in [0.2, 0.25) is 5.02 Å². The molecule has 1 aromatic heterocycles. The lowest BCUT2D eigenvalue weighted by Crippen LogP contribution is -2.05. The molecule has 20 heavy (non-hydrogen) atoms. The summed E-state index contributed by atoms with van der Waals surface area (Å²) in [6.45, 7) is 2.64. The Labute approximate surface area is 122 Å². The van der Waals surface area contributed by atoms with E-state index < -0.39 is 0 Å². The van der Waals surface area contributed by atoms with Crippen LogP contribution in [0.1, 0.15) is 17.0 Å². The molecule has 0 fully saturated rings. The molecule has 0 radical (unpaired) electrons. The summed E-state index contributed by atoms with van der Waals surface area (Å²) in [5, 5.41) is 10.2. The Kier molecular flexibility index (Phi) is 3.47. The third kappa shape index (κ3) is 2.42. The van der Waals surface area contributed by atoms with Crippen LogP contribution in [0, 0.1) is 6.92 Å². The molecule has 4 heteroatoms. The van der Waals surface area contributed by atoms with Gasteiger partial charge in [-0.2, -0.15) is 0 Å². The normalized spacial score (nSPS) is 11.2. The van der Waals surface area contributed by atoms with Crippen LogP contribution in [0.25, 0.3) is 11.0 Å². The van der Waals surface area contributed by atoms with E-state index in [4.69, 9.17) is 11.6 Å². The lowest BCUT2D eigenvalue weighted by molar-refractivity contribution is 0.267. The van der Waals surface area contributed by atoms with E-state index in [1.165, 1.54) is 0 Å². The minimum Gasteiger partial charge on any atom is -0.388 e. The van der Waals surface area contributed by atoms with E-state index in [1.54, 1.807) is 0 Å². The summed E-state index contributed by atoms with van der Waals surface area (Å²) in [6.07, 6.45) is 0. The highest BCUT2D eigenvalue weighted by molar-refractivity contribution is 6.30. The van der Waals surface area contributed by atoms with Crippen molar-refractivity contribution in [2.24, 2.45) is 0 Å². The highest BCUT2D eigenvalue weighted by Crippen LogP contribution is 2.20. The minimum absolute atomic E-state index is 0.0681. The molecule has 1 heterocycles. The molecule has 0 saturated carbocycles. The zero-order chi connectivity index (χ0) is 14.1. The van der Waals surface area contributed by atoms with E-state index in [9.17, 15) is 5.11 Å². The third-order valence-electron chi connectivity index (χ3n) is 3.38. The predicted molar refractivity (Wildman–Crippen MR) is 80.9 cm³/mol. The number of aryl methyl sites for hydroxylation is 1. The topological polar surface area (TPSA) is 38.1 Å². The van der Waals surface area contributed by atoms with Crippen molar-refractivity contribution in [3.63, 3.8) is 0 Å². The molecule has 1 N–H and O–H groups in total. The van der Waals surface area contributed by atoms with Gasteiger partial charge in [-0.3, -0.25) is 0 Å². The Morgan fingerprint density at radius 2 is 1.90 bits per heavy atom. The van der Waals surface area contributed by atoms with Crippen LogP contribution in [0.5, 0.6) is 0 Å². The Bertz CT molecular complexity index is 747. The Morgan fingerprint density at radius 1 is 1.15 bits per heavy atom. The fraction of sp³-hybridized carbons (Fsp3) is 0.188. The van der Waals surface area contributed by atoms with Crippen molar-refractivity contribution in [3.05, 3.63) is 64.4 Å². The second-order valence-electron chi connectivity index (χ2n) is 4.89. The van der Waals surface area contributed by atoms with Gasteiger partial charge in [-0.25, -0.2) is 4.98 Å². The first kappa shape index (κ1) is 13.2. The van der Waals surface area contributed by atoms with Gasteiger partial charge in [0.2, 0.25) is 0 Å². The Morgan fingerprint density at radius 3 is 2.60 bits per heavy atom. The van der Waals surface area contributed by atoms with E-state index in [-0.39, 0.29) is 6.61 Å². The van der Waals surface area contributed by atoms with Crippen LogP contribution in [0.3, 0.4) is 0 Å². The van der Waals surface area contributed by atoms with E-state index in [0.29, 0.717) is 12.4 Å². The first-order chi connectivity index (χ1) is 9.67. The SMILES string of the molecule is Cc1ccc2c(c1)nc(CO)n2Cc1ccc(Cl)cc1. The van der Waals surface area contributed by atoms with Gasteiger partial charge in [0.1, 0.15) is 12.4 Å². The summed E-state index contributed by atoms with van der Waals surface area (Å²) in [5.41, 5.74) is 4.25. The second kappa shape index (κ2) is 5.27. The fourth-order valence-corrected chi connectivity index (χ4v) is 2.49. The van der Waals surface area contributed by atoms with Gasteiger partial charge in [0.05, 0.1) is 11.0 Å². The number of rotatable bonds is 3. The van der Waals surface area contributed by atoms with Crippen LogP contribution in [-0.4, -0.2) is 14.7 Å². The Balaban J connectivity index is 2.07. The monoisotopic (exact) mass is 286 g/mol. The van der Waals surface area contributed by atoms with Crippen LogP contribution < -0.4 is 0 Å². The van der Waals surface area contributed by atoms with Crippen molar-refractivity contribution < 1.29 is 5.11 Å². The molecule has 3 rings (SSSR count). The van der Waals surface area contributed by atoms with Gasteiger partial charge in [-0.1, -0.05) is 29.8 Å². The standard InChI is InChI=1S/C16H15ClN2O/c1-11-2-7-15-14(8-11)18-16(10-20)19(15)9-12-3-5-13(17)6-4-12/h2-8,20H,9-10H2,1H3. The summed E-state index contributed by atoms with van der Waals surface area (Å²) in [4.78, 5) is 4.49. The summed E-state index contributed by atoms with van der Waals surface area (Å²) in [6, 6.07) is 13.9. The average Bonchev–Trinajstić information content (AvgIpc) is 2.78. The fourth-order valence-electron chi connectivity index (χ4n) is 2.36. The molecule has 0 saturated heterocycles. The van der Waals surface area contributed by atoms with Crippen LogP contribution >= 0.6 is 11.6 Å². The minimum atomic E-state index is -0.0681. The van der Waals surface area contributed by atoms with Crippen molar-refractivity contribution in [3.8, 4) is 0 Å². The number of aromatic nitrogens is 2. The first-order valence-electron chi connectivity index (χ1n) is 6.48. The maximum Gasteiger partial charge on any atom is 0.136 e. The molecule has 0 spiro atoms. The zero-order valence-electron chi connectivity index (χ0n) is 11.2. The lowest BCUT2D eigenvalue weighted by Gasteiger charge is -2.08. The van der Waals surface area contributed by atoms with Crippen LogP contribution in [-0.2, 0) is 13.2 Å². The number of aliphatic hydroxyl groups excluding tert-OH is 1. The molecular formula is C16H15ClN2O. The summed E-state index contributed by atoms with van der Waals surface area (Å²) < 4.78 is 2.04. The van der Waals surface area contributed by atoms with E-state index in [0.717, 1.165) is 27.2 Å².